The summed E-state index contributed by atoms with van der Waals surface area (Å²) in [6.45, 7) is 6.77. The normalized spacial score (nSPS) is 14.6. The van der Waals surface area contributed by atoms with Crippen LogP contribution in [0.15, 0.2) is 36.5 Å². The summed E-state index contributed by atoms with van der Waals surface area (Å²) in [5.74, 6) is 2.81. The predicted octanol–water partition coefficient (Wildman–Crippen LogP) is 3.33. The molecule has 1 aliphatic heterocycles. The highest BCUT2D eigenvalue weighted by molar-refractivity contribution is 5.77. The number of pyridine rings is 1. The molecule has 0 aliphatic carbocycles. The Kier molecular flexibility index (Phi) is 6.74. The number of carbonyl (C=O) groups is 1. The highest BCUT2D eigenvalue weighted by atomic mass is 16.5. The van der Waals surface area contributed by atoms with Crippen molar-refractivity contribution >= 4 is 11.7 Å². The molecule has 1 aromatic heterocycles. The molecule has 1 N–H and O–H groups in total. The zero-order valence-corrected chi connectivity index (χ0v) is 16.9. The van der Waals surface area contributed by atoms with E-state index in [-0.39, 0.29) is 12.5 Å². The third kappa shape index (κ3) is 5.38. The van der Waals surface area contributed by atoms with Gasteiger partial charge in [0.1, 0.15) is 5.82 Å². The van der Waals surface area contributed by atoms with Gasteiger partial charge in [-0.1, -0.05) is 19.1 Å². The Morgan fingerprint density at radius 3 is 2.68 bits per heavy atom. The van der Waals surface area contributed by atoms with Crippen LogP contribution in [0.2, 0.25) is 0 Å². The number of ether oxygens (including phenoxy) is 2. The predicted molar refractivity (Wildman–Crippen MR) is 110 cm³/mol. The van der Waals surface area contributed by atoms with E-state index >= 15 is 0 Å². The second kappa shape index (κ2) is 9.44. The fraction of sp³-hybridized carbons (Fsp3) is 0.455. The van der Waals surface area contributed by atoms with E-state index in [1.165, 1.54) is 12.8 Å². The van der Waals surface area contributed by atoms with Gasteiger partial charge in [-0.25, -0.2) is 4.98 Å². The average Bonchev–Trinajstić information content (AvgIpc) is 2.72. The van der Waals surface area contributed by atoms with Crippen LogP contribution < -0.4 is 19.7 Å². The number of methoxy groups -OCH3 is 1. The first kappa shape index (κ1) is 20.0. The Balaban J connectivity index is 1.45. The molecule has 1 aliphatic rings. The zero-order valence-electron chi connectivity index (χ0n) is 16.9. The number of nitrogens with zero attached hydrogens (tertiary/aromatic N) is 2. The average molecular weight is 383 g/mol. The molecule has 1 aromatic carbocycles. The van der Waals surface area contributed by atoms with Crippen LogP contribution in [-0.2, 0) is 11.3 Å². The SMILES string of the molecule is COc1cc(C)ccc1OCC(=O)NCc1ccc(N2CCC(C)CC2)nc1. The number of amides is 1. The number of aryl methyl sites for hydroxylation is 1. The van der Waals surface area contributed by atoms with Gasteiger partial charge >= 0.3 is 0 Å². The first-order chi connectivity index (χ1) is 13.5. The number of hydrogen-bond donors (Lipinski definition) is 1. The smallest absolute Gasteiger partial charge is 0.258 e. The molecule has 0 atom stereocenters. The van der Waals surface area contributed by atoms with E-state index in [4.69, 9.17) is 9.47 Å². The van der Waals surface area contributed by atoms with E-state index in [1.807, 2.05) is 43.5 Å². The van der Waals surface area contributed by atoms with Gasteiger partial charge in [0.25, 0.3) is 5.91 Å². The molecule has 6 heteroatoms. The number of nitrogens with one attached hydrogen (secondary N) is 1. The van der Waals surface area contributed by atoms with Crippen molar-refractivity contribution in [1.82, 2.24) is 10.3 Å². The quantitative estimate of drug-likeness (QED) is 0.795. The monoisotopic (exact) mass is 383 g/mol. The number of hydrogen-bond acceptors (Lipinski definition) is 5. The van der Waals surface area contributed by atoms with Gasteiger partial charge in [0, 0.05) is 25.8 Å². The fourth-order valence-corrected chi connectivity index (χ4v) is 3.24. The van der Waals surface area contributed by atoms with Crippen molar-refractivity contribution in [3.63, 3.8) is 0 Å². The van der Waals surface area contributed by atoms with E-state index in [2.05, 4.69) is 22.1 Å². The van der Waals surface area contributed by atoms with Crippen molar-refractivity contribution < 1.29 is 14.3 Å². The molecule has 1 amide bonds. The van der Waals surface area contributed by atoms with Gasteiger partial charge in [0.15, 0.2) is 18.1 Å². The molecular weight excluding hydrogens is 354 g/mol. The molecular formula is C22H29N3O3. The van der Waals surface area contributed by atoms with E-state index in [0.29, 0.717) is 18.0 Å². The number of piperidine rings is 1. The van der Waals surface area contributed by atoms with Gasteiger partial charge in [-0.05, 0) is 55.0 Å². The van der Waals surface area contributed by atoms with Gasteiger partial charge in [-0.15, -0.1) is 0 Å². The van der Waals surface area contributed by atoms with Crippen LogP contribution in [0.1, 0.15) is 30.9 Å². The maximum absolute atomic E-state index is 12.1. The van der Waals surface area contributed by atoms with Crippen molar-refractivity contribution in [2.45, 2.75) is 33.2 Å². The van der Waals surface area contributed by atoms with Crippen molar-refractivity contribution in [1.29, 1.82) is 0 Å². The molecule has 1 saturated heterocycles. The molecule has 2 heterocycles. The van der Waals surface area contributed by atoms with Gasteiger partial charge < -0.3 is 19.7 Å². The van der Waals surface area contributed by atoms with Crippen LogP contribution >= 0.6 is 0 Å². The molecule has 1 fully saturated rings. The molecule has 6 nitrogen and oxygen atoms in total. The van der Waals surface area contributed by atoms with Crippen molar-refractivity contribution in [2.24, 2.45) is 5.92 Å². The number of rotatable bonds is 7. The lowest BCUT2D eigenvalue weighted by Crippen LogP contribution is -2.33. The van der Waals surface area contributed by atoms with Crippen molar-refractivity contribution in [3.05, 3.63) is 47.7 Å². The Morgan fingerprint density at radius 1 is 1.21 bits per heavy atom. The van der Waals surface area contributed by atoms with Gasteiger partial charge in [-0.2, -0.15) is 0 Å². The van der Waals surface area contributed by atoms with Crippen LogP contribution in [0.25, 0.3) is 0 Å². The molecule has 0 saturated carbocycles. The minimum Gasteiger partial charge on any atom is -0.493 e. The number of benzene rings is 1. The Labute approximate surface area is 166 Å². The lowest BCUT2D eigenvalue weighted by Gasteiger charge is -2.31. The Hall–Kier alpha value is -2.76. The van der Waals surface area contributed by atoms with Gasteiger partial charge in [0.05, 0.1) is 7.11 Å². The first-order valence-electron chi connectivity index (χ1n) is 9.79. The first-order valence-corrected chi connectivity index (χ1v) is 9.79. The molecule has 2 aromatic rings. The van der Waals surface area contributed by atoms with Crippen LogP contribution in [0, 0.1) is 12.8 Å². The molecule has 150 valence electrons. The van der Waals surface area contributed by atoms with Crippen LogP contribution in [0.5, 0.6) is 11.5 Å². The maximum Gasteiger partial charge on any atom is 0.258 e. The summed E-state index contributed by atoms with van der Waals surface area (Å²) in [5, 5.41) is 2.86. The van der Waals surface area contributed by atoms with Gasteiger partial charge in [-0.3, -0.25) is 4.79 Å². The Morgan fingerprint density at radius 2 is 2.00 bits per heavy atom. The summed E-state index contributed by atoms with van der Waals surface area (Å²) in [6, 6.07) is 9.66. The second-order valence-electron chi connectivity index (χ2n) is 7.41. The third-order valence-corrected chi connectivity index (χ3v) is 5.08. The van der Waals surface area contributed by atoms with Crippen molar-refractivity contribution in [3.8, 4) is 11.5 Å². The molecule has 0 bridgehead atoms. The second-order valence-corrected chi connectivity index (χ2v) is 7.41. The van der Waals surface area contributed by atoms with Crippen LogP contribution in [0.3, 0.4) is 0 Å². The largest absolute Gasteiger partial charge is 0.493 e. The van der Waals surface area contributed by atoms with Gasteiger partial charge in [0.2, 0.25) is 0 Å². The van der Waals surface area contributed by atoms with E-state index in [1.54, 1.807) is 7.11 Å². The molecule has 0 radical (unpaired) electrons. The summed E-state index contributed by atoms with van der Waals surface area (Å²) in [4.78, 5) is 19.0. The van der Waals surface area contributed by atoms with Crippen LogP contribution in [-0.4, -0.2) is 37.7 Å². The highest BCUT2D eigenvalue weighted by Crippen LogP contribution is 2.27. The summed E-state index contributed by atoms with van der Waals surface area (Å²) in [6.07, 6.45) is 4.26. The van der Waals surface area contributed by atoms with E-state index in [9.17, 15) is 4.79 Å². The van der Waals surface area contributed by atoms with Crippen molar-refractivity contribution in [2.75, 3.05) is 31.7 Å². The lowest BCUT2D eigenvalue weighted by atomic mass is 9.99. The number of anilines is 1. The summed E-state index contributed by atoms with van der Waals surface area (Å²) in [7, 11) is 1.59. The summed E-state index contributed by atoms with van der Waals surface area (Å²) >= 11 is 0. The number of carbonyl (C=O) groups excluding carboxylic acids is 1. The zero-order chi connectivity index (χ0) is 19.9. The minimum atomic E-state index is -0.184. The molecule has 28 heavy (non-hydrogen) atoms. The fourth-order valence-electron chi connectivity index (χ4n) is 3.24. The maximum atomic E-state index is 12.1. The third-order valence-electron chi connectivity index (χ3n) is 5.08. The summed E-state index contributed by atoms with van der Waals surface area (Å²) < 4.78 is 10.9. The van der Waals surface area contributed by atoms with E-state index < -0.39 is 0 Å². The number of aromatic nitrogens is 1. The van der Waals surface area contributed by atoms with E-state index in [0.717, 1.165) is 36.0 Å². The standard InChI is InChI=1S/C22H29N3O3/c1-16-8-10-25(11-9-16)21-7-5-18(13-23-21)14-24-22(26)15-28-19-6-4-17(2)12-20(19)27-3/h4-7,12-13,16H,8-11,14-15H2,1-3H3,(H,24,26). The molecule has 0 unspecified atom stereocenters. The minimum absolute atomic E-state index is 0.0586. The molecule has 3 rings (SSSR count). The van der Waals surface area contributed by atoms with Crippen LogP contribution in [0.4, 0.5) is 5.82 Å². The lowest BCUT2D eigenvalue weighted by molar-refractivity contribution is -0.123. The Bertz CT molecular complexity index is 784. The highest BCUT2D eigenvalue weighted by Gasteiger charge is 2.16. The molecule has 0 spiro atoms. The summed E-state index contributed by atoms with van der Waals surface area (Å²) in [5.41, 5.74) is 2.04. The topological polar surface area (TPSA) is 63.7 Å².